The van der Waals surface area contributed by atoms with Gasteiger partial charge in [0.25, 0.3) is 5.95 Å². The van der Waals surface area contributed by atoms with Crippen molar-refractivity contribution >= 4 is 11.9 Å². The predicted octanol–water partition coefficient (Wildman–Crippen LogP) is -0.350. The number of rotatable bonds is 3. The van der Waals surface area contributed by atoms with E-state index >= 15 is 0 Å². The smallest absolute Gasteiger partial charge is 0.258 e. The van der Waals surface area contributed by atoms with E-state index in [1.54, 1.807) is 0 Å². The molecule has 1 saturated heterocycles. The summed E-state index contributed by atoms with van der Waals surface area (Å²) in [6.07, 6.45) is 4.08. The first-order chi connectivity index (χ1) is 9.76. The van der Waals surface area contributed by atoms with E-state index in [9.17, 15) is 0 Å². The number of nitrogens with two attached hydrogens (primary N) is 1. The van der Waals surface area contributed by atoms with Gasteiger partial charge >= 0.3 is 0 Å². The van der Waals surface area contributed by atoms with Gasteiger partial charge in [-0.25, -0.2) is 4.98 Å². The molecule has 1 unspecified atom stereocenters. The summed E-state index contributed by atoms with van der Waals surface area (Å²) in [6.45, 7) is 4.23. The Hall–Kier alpha value is -2.29. The van der Waals surface area contributed by atoms with E-state index in [4.69, 9.17) is 10.5 Å². The zero-order chi connectivity index (χ0) is 13.9. The van der Waals surface area contributed by atoms with Crippen molar-refractivity contribution < 1.29 is 4.74 Å². The topological polar surface area (TPSA) is 108 Å². The minimum atomic E-state index is 0.167. The van der Waals surface area contributed by atoms with E-state index in [0.29, 0.717) is 18.5 Å². The van der Waals surface area contributed by atoms with Gasteiger partial charge in [0.05, 0.1) is 12.7 Å². The van der Waals surface area contributed by atoms with Crippen LogP contribution in [-0.4, -0.2) is 55.5 Å². The van der Waals surface area contributed by atoms with E-state index < -0.39 is 0 Å². The van der Waals surface area contributed by atoms with Crippen molar-refractivity contribution in [1.82, 2.24) is 29.7 Å². The number of ether oxygens (including phenoxy) is 1. The van der Waals surface area contributed by atoms with Gasteiger partial charge in [-0.05, 0) is 6.42 Å². The van der Waals surface area contributed by atoms with E-state index in [0.717, 1.165) is 19.5 Å². The van der Waals surface area contributed by atoms with Crippen molar-refractivity contribution in [3.8, 4) is 5.95 Å². The number of anilines is 2. The number of hydrogen-bond donors (Lipinski definition) is 1. The van der Waals surface area contributed by atoms with Crippen LogP contribution in [0.4, 0.5) is 11.9 Å². The molecule has 20 heavy (non-hydrogen) atoms. The van der Waals surface area contributed by atoms with E-state index in [1.807, 2.05) is 0 Å². The van der Waals surface area contributed by atoms with Crippen LogP contribution in [0.2, 0.25) is 0 Å². The highest BCUT2D eigenvalue weighted by molar-refractivity contribution is 5.38. The third-order valence-corrected chi connectivity index (χ3v) is 3.13. The molecule has 0 amide bonds. The maximum absolute atomic E-state index is 5.76. The first-order valence-corrected chi connectivity index (χ1v) is 6.49. The highest BCUT2D eigenvalue weighted by atomic mass is 16.5. The molecule has 2 aromatic rings. The number of aromatic nitrogens is 6. The van der Waals surface area contributed by atoms with Crippen LogP contribution in [-0.2, 0) is 4.74 Å². The molecule has 0 spiro atoms. The Balaban J connectivity index is 1.89. The Labute approximate surface area is 115 Å². The summed E-state index contributed by atoms with van der Waals surface area (Å²) >= 11 is 0. The van der Waals surface area contributed by atoms with Crippen molar-refractivity contribution in [1.29, 1.82) is 0 Å². The van der Waals surface area contributed by atoms with Gasteiger partial charge in [-0.3, -0.25) is 0 Å². The summed E-state index contributed by atoms with van der Waals surface area (Å²) in [4.78, 5) is 18.6. The lowest BCUT2D eigenvalue weighted by molar-refractivity contribution is 0.0378. The molecule has 1 fully saturated rings. The zero-order valence-electron chi connectivity index (χ0n) is 11.2. The number of nitrogens with zero attached hydrogens (tertiary/aromatic N) is 7. The molecule has 1 aliphatic heterocycles. The molecular formula is C11H16N8O. The largest absolute Gasteiger partial charge is 0.375 e. The van der Waals surface area contributed by atoms with Gasteiger partial charge in [0.1, 0.15) is 12.7 Å². The van der Waals surface area contributed by atoms with Gasteiger partial charge < -0.3 is 15.4 Å². The van der Waals surface area contributed by atoms with E-state index in [1.165, 1.54) is 17.3 Å². The third kappa shape index (κ3) is 2.52. The molecule has 106 valence electrons. The Morgan fingerprint density at radius 3 is 2.95 bits per heavy atom. The molecule has 2 N–H and O–H groups in total. The van der Waals surface area contributed by atoms with Crippen LogP contribution in [0.1, 0.15) is 13.3 Å². The van der Waals surface area contributed by atoms with Crippen LogP contribution in [0.25, 0.3) is 5.95 Å². The number of morpholine rings is 1. The minimum Gasteiger partial charge on any atom is -0.375 e. The van der Waals surface area contributed by atoms with Gasteiger partial charge in [0, 0.05) is 13.1 Å². The van der Waals surface area contributed by atoms with Gasteiger partial charge in [0.2, 0.25) is 11.9 Å². The van der Waals surface area contributed by atoms with Crippen LogP contribution >= 0.6 is 0 Å². The Bertz CT molecular complexity index is 572. The fraction of sp³-hybridized carbons (Fsp3) is 0.545. The van der Waals surface area contributed by atoms with Crippen LogP contribution in [0.15, 0.2) is 12.7 Å². The van der Waals surface area contributed by atoms with Gasteiger partial charge in [-0.1, -0.05) is 6.92 Å². The Morgan fingerprint density at radius 1 is 1.35 bits per heavy atom. The average Bonchev–Trinajstić information content (AvgIpc) is 3.01. The normalized spacial score (nSPS) is 19.2. The van der Waals surface area contributed by atoms with Crippen molar-refractivity contribution in [3.05, 3.63) is 12.7 Å². The molecule has 9 heteroatoms. The maximum Gasteiger partial charge on any atom is 0.258 e. The summed E-state index contributed by atoms with van der Waals surface area (Å²) in [5.41, 5.74) is 5.76. The second kappa shape index (κ2) is 5.37. The summed E-state index contributed by atoms with van der Waals surface area (Å²) < 4.78 is 7.10. The van der Waals surface area contributed by atoms with Gasteiger partial charge in [-0.2, -0.15) is 24.7 Å². The summed E-state index contributed by atoms with van der Waals surface area (Å²) in [5, 5.41) is 4.00. The molecular weight excluding hydrogens is 260 g/mol. The standard InChI is InChI=1S/C11H16N8O/c1-2-8-5-18(3-4-20-8)10-15-9(12)16-11(17-10)19-7-13-6-14-19/h6-8H,2-5H2,1H3,(H2,12,15,16,17). The molecule has 3 heterocycles. The molecule has 9 nitrogen and oxygen atoms in total. The molecule has 0 saturated carbocycles. The molecule has 0 radical (unpaired) electrons. The summed E-state index contributed by atoms with van der Waals surface area (Å²) in [5.74, 6) is 1.08. The highest BCUT2D eigenvalue weighted by Gasteiger charge is 2.22. The molecule has 3 rings (SSSR count). The second-order valence-electron chi connectivity index (χ2n) is 4.48. The van der Waals surface area contributed by atoms with Crippen LogP contribution in [0.3, 0.4) is 0 Å². The highest BCUT2D eigenvalue weighted by Crippen LogP contribution is 2.16. The predicted molar refractivity (Wildman–Crippen MR) is 71.4 cm³/mol. The van der Waals surface area contributed by atoms with Crippen molar-refractivity contribution in [2.45, 2.75) is 19.4 Å². The lowest BCUT2D eigenvalue weighted by atomic mass is 10.2. The van der Waals surface area contributed by atoms with E-state index in [2.05, 4.69) is 36.9 Å². The molecule has 1 atom stereocenters. The third-order valence-electron chi connectivity index (χ3n) is 3.13. The number of nitrogen functional groups attached to an aromatic ring is 1. The summed E-state index contributed by atoms with van der Waals surface area (Å²) in [6, 6.07) is 0. The molecule has 2 aromatic heterocycles. The molecule has 0 aromatic carbocycles. The fourth-order valence-electron chi connectivity index (χ4n) is 2.07. The van der Waals surface area contributed by atoms with Gasteiger partial charge in [0.15, 0.2) is 0 Å². The monoisotopic (exact) mass is 276 g/mol. The first-order valence-electron chi connectivity index (χ1n) is 6.49. The van der Waals surface area contributed by atoms with Crippen LogP contribution in [0, 0.1) is 0 Å². The van der Waals surface area contributed by atoms with Crippen molar-refractivity contribution in [3.63, 3.8) is 0 Å². The van der Waals surface area contributed by atoms with Crippen LogP contribution in [0.5, 0.6) is 0 Å². The zero-order valence-corrected chi connectivity index (χ0v) is 11.2. The SMILES string of the molecule is CCC1CN(c2nc(N)nc(-n3cncn3)n2)CCO1. The summed E-state index contributed by atoms with van der Waals surface area (Å²) in [7, 11) is 0. The molecule has 0 aliphatic carbocycles. The maximum atomic E-state index is 5.76. The molecule has 0 bridgehead atoms. The quantitative estimate of drug-likeness (QED) is 0.810. The van der Waals surface area contributed by atoms with Crippen molar-refractivity contribution in [2.24, 2.45) is 0 Å². The fourth-order valence-corrected chi connectivity index (χ4v) is 2.07. The first kappa shape index (κ1) is 12.7. The molecule has 1 aliphatic rings. The average molecular weight is 276 g/mol. The van der Waals surface area contributed by atoms with E-state index in [-0.39, 0.29) is 12.1 Å². The lowest BCUT2D eigenvalue weighted by Gasteiger charge is -2.32. The van der Waals surface area contributed by atoms with Gasteiger partial charge in [-0.15, -0.1) is 0 Å². The Kier molecular flexibility index (Phi) is 3.42. The minimum absolute atomic E-state index is 0.167. The lowest BCUT2D eigenvalue weighted by Crippen LogP contribution is -2.43. The van der Waals surface area contributed by atoms with Crippen molar-refractivity contribution in [2.75, 3.05) is 30.3 Å². The Morgan fingerprint density at radius 2 is 2.20 bits per heavy atom. The number of hydrogen-bond acceptors (Lipinski definition) is 8. The second-order valence-corrected chi connectivity index (χ2v) is 4.48. The van der Waals surface area contributed by atoms with Crippen LogP contribution < -0.4 is 10.6 Å².